The molecule has 0 radical (unpaired) electrons. The highest BCUT2D eigenvalue weighted by molar-refractivity contribution is 5.89. The van der Waals surface area contributed by atoms with Gasteiger partial charge in [-0.1, -0.05) is 0 Å². The highest BCUT2D eigenvalue weighted by Crippen LogP contribution is 2.21. The summed E-state index contributed by atoms with van der Waals surface area (Å²) < 4.78 is 10.8. The Morgan fingerprint density at radius 1 is 1.43 bits per heavy atom. The molecule has 0 N–H and O–H groups in total. The fourth-order valence-corrected chi connectivity index (χ4v) is 2.90. The van der Waals surface area contributed by atoms with Crippen LogP contribution in [0.15, 0.2) is 18.3 Å². The summed E-state index contributed by atoms with van der Waals surface area (Å²) >= 11 is 0. The number of aromatic nitrogens is 1. The molecule has 1 aromatic heterocycles. The molecule has 3 heterocycles. The van der Waals surface area contributed by atoms with Gasteiger partial charge >= 0.3 is 5.97 Å². The highest BCUT2D eigenvalue weighted by Gasteiger charge is 2.25. The van der Waals surface area contributed by atoms with Crippen molar-refractivity contribution >= 4 is 11.8 Å². The fraction of sp³-hybridized carbons (Fsp3) is 0.625. The van der Waals surface area contributed by atoms with Gasteiger partial charge in [-0.2, -0.15) is 0 Å². The second-order valence-corrected chi connectivity index (χ2v) is 5.83. The number of pyridine rings is 1. The van der Waals surface area contributed by atoms with Crippen molar-refractivity contribution < 1.29 is 14.3 Å². The van der Waals surface area contributed by atoms with Gasteiger partial charge in [-0.25, -0.2) is 9.78 Å². The molecule has 0 aromatic carbocycles. The van der Waals surface area contributed by atoms with Crippen molar-refractivity contribution in [3.63, 3.8) is 0 Å². The first-order valence-electron chi connectivity index (χ1n) is 7.74. The normalized spacial score (nSPS) is 23.3. The first-order valence-corrected chi connectivity index (χ1v) is 7.74. The number of nitrogens with zero attached hydrogens (tertiary/aromatic N) is 2. The molecule has 1 aromatic rings. The molecule has 5 heteroatoms. The number of rotatable bonds is 4. The molecule has 3 rings (SSSR count). The number of ether oxygens (including phenoxy) is 2. The summed E-state index contributed by atoms with van der Waals surface area (Å²) in [5, 5.41) is 0. The van der Waals surface area contributed by atoms with Gasteiger partial charge in [-0.3, -0.25) is 0 Å². The van der Waals surface area contributed by atoms with Crippen LogP contribution in [0.3, 0.4) is 0 Å². The lowest BCUT2D eigenvalue weighted by molar-refractivity contribution is 0.0179. The highest BCUT2D eigenvalue weighted by atomic mass is 16.5. The summed E-state index contributed by atoms with van der Waals surface area (Å²) in [5.41, 5.74) is 0.517. The molecule has 0 aliphatic carbocycles. The van der Waals surface area contributed by atoms with Crippen LogP contribution in [-0.2, 0) is 9.47 Å². The topological polar surface area (TPSA) is 51.7 Å². The quantitative estimate of drug-likeness (QED) is 0.796. The molecular weight excluding hydrogens is 268 g/mol. The van der Waals surface area contributed by atoms with E-state index in [1.54, 1.807) is 12.3 Å². The molecule has 2 saturated heterocycles. The molecule has 0 saturated carbocycles. The van der Waals surface area contributed by atoms with Crippen molar-refractivity contribution in [2.75, 3.05) is 31.2 Å². The standard InChI is InChI=1S/C16H22N2O3/c1-12(14-6-9-20-11-14)21-16(19)13-4-5-15(17-10-13)18-7-2-3-8-18/h4-5,10,12,14H,2-3,6-9,11H2,1H3/t12-,14+/m0/s1. The van der Waals surface area contributed by atoms with Gasteiger partial charge < -0.3 is 14.4 Å². The van der Waals surface area contributed by atoms with Crippen LogP contribution >= 0.6 is 0 Å². The van der Waals surface area contributed by atoms with E-state index < -0.39 is 0 Å². The van der Waals surface area contributed by atoms with Gasteiger partial charge in [0.05, 0.1) is 12.2 Å². The van der Waals surface area contributed by atoms with E-state index in [0.29, 0.717) is 18.1 Å². The monoisotopic (exact) mass is 290 g/mol. The first kappa shape index (κ1) is 14.3. The Kier molecular flexibility index (Phi) is 4.39. The Morgan fingerprint density at radius 3 is 2.86 bits per heavy atom. The average molecular weight is 290 g/mol. The number of carbonyl (C=O) groups excluding carboxylic acids is 1. The van der Waals surface area contributed by atoms with Crippen molar-refractivity contribution in [2.45, 2.75) is 32.3 Å². The minimum atomic E-state index is -0.296. The van der Waals surface area contributed by atoms with Gasteiger partial charge in [-0.15, -0.1) is 0 Å². The van der Waals surface area contributed by atoms with E-state index in [4.69, 9.17) is 9.47 Å². The Morgan fingerprint density at radius 2 is 2.24 bits per heavy atom. The second kappa shape index (κ2) is 6.43. The lowest BCUT2D eigenvalue weighted by Crippen LogP contribution is -2.24. The number of hydrogen-bond acceptors (Lipinski definition) is 5. The van der Waals surface area contributed by atoms with Crippen LogP contribution in [0.25, 0.3) is 0 Å². The van der Waals surface area contributed by atoms with Crippen LogP contribution in [-0.4, -0.2) is 43.4 Å². The van der Waals surface area contributed by atoms with Crippen LogP contribution in [0.5, 0.6) is 0 Å². The SMILES string of the molecule is C[C@H](OC(=O)c1ccc(N2CCCC2)nc1)[C@@H]1CCOC1. The molecule has 0 spiro atoms. The Hall–Kier alpha value is -1.62. The molecule has 2 aliphatic heterocycles. The lowest BCUT2D eigenvalue weighted by atomic mass is 10.0. The zero-order chi connectivity index (χ0) is 14.7. The largest absolute Gasteiger partial charge is 0.459 e. The number of hydrogen-bond donors (Lipinski definition) is 0. The van der Waals surface area contributed by atoms with Crippen LogP contribution in [0.2, 0.25) is 0 Å². The number of esters is 1. The van der Waals surface area contributed by atoms with E-state index in [9.17, 15) is 4.79 Å². The summed E-state index contributed by atoms with van der Waals surface area (Å²) in [4.78, 5) is 18.8. The van der Waals surface area contributed by atoms with E-state index >= 15 is 0 Å². The van der Waals surface area contributed by atoms with Crippen LogP contribution in [0, 0.1) is 5.92 Å². The van der Waals surface area contributed by atoms with E-state index in [0.717, 1.165) is 31.9 Å². The van der Waals surface area contributed by atoms with Crippen molar-refractivity contribution in [3.05, 3.63) is 23.9 Å². The van der Waals surface area contributed by atoms with Crippen LogP contribution in [0.1, 0.15) is 36.5 Å². The van der Waals surface area contributed by atoms with E-state index in [1.165, 1.54) is 12.8 Å². The summed E-state index contributed by atoms with van der Waals surface area (Å²) in [6.45, 7) is 5.48. The van der Waals surface area contributed by atoms with Gasteiger partial charge in [-0.05, 0) is 38.3 Å². The third-order valence-electron chi connectivity index (χ3n) is 4.34. The summed E-state index contributed by atoms with van der Waals surface area (Å²) in [5.74, 6) is 0.960. The third kappa shape index (κ3) is 3.35. The first-order chi connectivity index (χ1) is 10.2. The maximum atomic E-state index is 12.1. The van der Waals surface area contributed by atoms with E-state index in [2.05, 4.69) is 9.88 Å². The molecule has 2 aliphatic rings. The molecule has 0 unspecified atom stereocenters. The lowest BCUT2D eigenvalue weighted by Gasteiger charge is -2.19. The third-order valence-corrected chi connectivity index (χ3v) is 4.34. The van der Waals surface area contributed by atoms with Gasteiger partial charge in [0, 0.05) is 31.8 Å². The van der Waals surface area contributed by atoms with Crippen molar-refractivity contribution in [1.82, 2.24) is 4.98 Å². The fourth-order valence-electron chi connectivity index (χ4n) is 2.90. The molecule has 21 heavy (non-hydrogen) atoms. The van der Waals surface area contributed by atoms with Gasteiger partial charge in [0.15, 0.2) is 0 Å². The van der Waals surface area contributed by atoms with Gasteiger partial charge in [0.1, 0.15) is 11.9 Å². The summed E-state index contributed by atoms with van der Waals surface area (Å²) in [7, 11) is 0. The van der Waals surface area contributed by atoms with Crippen LogP contribution < -0.4 is 4.90 Å². The second-order valence-electron chi connectivity index (χ2n) is 5.83. The molecule has 5 nitrogen and oxygen atoms in total. The van der Waals surface area contributed by atoms with Crippen LogP contribution in [0.4, 0.5) is 5.82 Å². The Bertz CT molecular complexity index is 477. The van der Waals surface area contributed by atoms with Crippen molar-refractivity contribution in [2.24, 2.45) is 5.92 Å². The Labute approximate surface area is 125 Å². The predicted octanol–water partition coefficient (Wildman–Crippen LogP) is 2.26. The Balaban J connectivity index is 1.59. The molecule has 114 valence electrons. The molecule has 2 fully saturated rings. The smallest absolute Gasteiger partial charge is 0.339 e. The maximum absolute atomic E-state index is 12.1. The molecule has 0 bridgehead atoms. The number of anilines is 1. The van der Waals surface area contributed by atoms with Gasteiger partial charge in [0.2, 0.25) is 0 Å². The van der Waals surface area contributed by atoms with Gasteiger partial charge in [0.25, 0.3) is 0 Å². The summed E-state index contributed by atoms with van der Waals surface area (Å²) in [6.07, 6.45) is 4.89. The minimum Gasteiger partial charge on any atom is -0.459 e. The molecule has 0 amide bonds. The summed E-state index contributed by atoms with van der Waals surface area (Å²) in [6, 6.07) is 3.71. The zero-order valence-electron chi connectivity index (χ0n) is 12.5. The molecular formula is C16H22N2O3. The zero-order valence-corrected chi connectivity index (χ0v) is 12.5. The van der Waals surface area contributed by atoms with E-state index in [-0.39, 0.29) is 12.1 Å². The van der Waals surface area contributed by atoms with Crippen molar-refractivity contribution in [1.29, 1.82) is 0 Å². The maximum Gasteiger partial charge on any atom is 0.339 e. The van der Waals surface area contributed by atoms with E-state index in [1.807, 2.05) is 13.0 Å². The average Bonchev–Trinajstić information content (AvgIpc) is 3.20. The minimum absolute atomic E-state index is 0.113. The predicted molar refractivity (Wildman–Crippen MR) is 79.5 cm³/mol. The molecule has 2 atom stereocenters. The van der Waals surface area contributed by atoms with Crippen molar-refractivity contribution in [3.8, 4) is 0 Å². The number of carbonyl (C=O) groups is 1.